The normalized spacial score (nSPS) is 29.5. The first-order valence-electron chi connectivity index (χ1n) is 6.04. The molecule has 2 fully saturated rings. The smallest absolute Gasteiger partial charge is 0.407 e. The van der Waals surface area contributed by atoms with Gasteiger partial charge in [-0.05, 0) is 5.56 Å². The van der Waals surface area contributed by atoms with Gasteiger partial charge in [-0.15, -0.1) is 0 Å². The van der Waals surface area contributed by atoms with Gasteiger partial charge in [0, 0.05) is 31.5 Å². The standard InChI is InChI=1S/C13H16N2O2/c16-13(15-6-9-4-2-1-3-5-9)17-12-10-7-14-8-11(10)12/h1-5,10-12,14H,6-8H2,(H,15,16). The van der Waals surface area contributed by atoms with E-state index >= 15 is 0 Å². The molecule has 1 aliphatic heterocycles. The zero-order chi connectivity index (χ0) is 11.7. The Bertz CT molecular complexity index is 397. The number of ether oxygens (including phenoxy) is 1. The number of alkyl carbamates (subject to hydrolysis) is 1. The third-order valence-corrected chi connectivity index (χ3v) is 3.54. The second-order valence-corrected chi connectivity index (χ2v) is 4.70. The molecule has 1 aromatic rings. The van der Waals surface area contributed by atoms with Crippen LogP contribution in [0, 0.1) is 11.8 Å². The van der Waals surface area contributed by atoms with Crippen molar-refractivity contribution in [3.05, 3.63) is 35.9 Å². The van der Waals surface area contributed by atoms with E-state index in [0.717, 1.165) is 18.7 Å². The number of hydrogen-bond donors (Lipinski definition) is 2. The average molecular weight is 232 g/mol. The minimum atomic E-state index is -0.298. The first-order chi connectivity index (χ1) is 8.34. The maximum atomic E-state index is 11.5. The van der Waals surface area contributed by atoms with Crippen molar-refractivity contribution in [2.75, 3.05) is 13.1 Å². The minimum Gasteiger partial charge on any atom is -0.446 e. The zero-order valence-corrected chi connectivity index (χ0v) is 9.56. The van der Waals surface area contributed by atoms with Gasteiger partial charge in [-0.2, -0.15) is 0 Å². The highest BCUT2D eigenvalue weighted by Crippen LogP contribution is 2.44. The lowest BCUT2D eigenvalue weighted by atomic mass is 10.2. The predicted octanol–water partition coefficient (Wildman–Crippen LogP) is 1.13. The molecule has 17 heavy (non-hydrogen) atoms. The summed E-state index contributed by atoms with van der Waals surface area (Å²) in [5.41, 5.74) is 1.09. The zero-order valence-electron chi connectivity index (χ0n) is 9.56. The average Bonchev–Trinajstić information content (AvgIpc) is 2.79. The highest BCUT2D eigenvalue weighted by molar-refractivity contribution is 5.67. The van der Waals surface area contributed by atoms with Crippen LogP contribution in [-0.4, -0.2) is 25.3 Å². The molecule has 2 N–H and O–H groups in total. The Morgan fingerprint density at radius 1 is 1.29 bits per heavy atom. The maximum Gasteiger partial charge on any atom is 0.407 e. The molecule has 1 aliphatic carbocycles. The number of carbonyl (C=O) groups excluding carboxylic acids is 1. The largest absolute Gasteiger partial charge is 0.446 e. The van der Waals surface area contributed by atoms with Crippen LogP contribution in [0.15, 0.2) is 30.3 Å². The molecule has 1 saturated carbocycles. The van der Waals surface area contributed by atoms with E-state index in [2.05, 4.69) is 10.6 Å². The highest BCUT2D eigenvalue weighted by atomic mass is 16.6. The quantitative estimate of drug-likeness (QED) is 0.821. The van der Waals surface area contributed by atoms with E-state index in [0.29, 0.717) is 18.4 Å². The van der Waals surface area contributed by atoms with Gasteiger partial charge in [0.15, 0.2) is 0 Å². The van der Waals surface area contributed by atoms with Crippen LogP contribution < -0.4 is 10.6 Å². The van der Waals surface area contributed by atoms with Crippen LogP contribution in [0.5, 0.6) is 0 Å². The Hall–Kier alpha value is -1.55. The predicted molar refractivity (Wildman–Crippen MR) is 63.4 cm³/mol. The lowest BCUT2D eigenvalue weighted by molar-refractivity contribution is 0.125. The molecule has 0 radical (unpaired) electrons. The fourth-order valence-corrected chi connectivity index (χ4v) is 2.47. The molecule has 0 bridgehead atoms. The first-order valence-corrected chi connectivity index (χ1v) is 6.04. The van der Waals surface area contributed by atoms with Crippen molar-refractivity contribution in [1.29, 1.82) is 0 Å². The summed E-state index contributed by atoms with van der Waals surface area (Å²) in [6, 6.07) is 9.84. The molecule has 3 rings (SSSR count). The summed E-state index contributed by atoms with van der Waals surface area (Å²) in [4.78, 5) is 11.5. The minimum absolute atomic E-state index is 0.145. The fraction of sp³-hybridized carbons (Fsp3) is 0.462. The van der Waals surface area contributed by atoms with Gasteiger partial charge in [0.25, 0.3) is 0 Å². The van der Waals surface area contributed by atoms with Gasteiger partial charge in [-0.3, -0.25) is 0 Å². The summed E-state index contributed by atoms with van der Waals surface area (Å²) in [6.07, 6.45) is -0.153. The molecule has 4 heteroatoms. The Morgan fingerprint density at radius 3 is 2.71 bits per heavy atom. The van der Waals surface area contributed by atoms with Gasteiger partial charge in [-0.25, -0.2) is 4.79 Å². The molecule has 1 aromatic carbocycles. The van der Waals surface area contributed by atoms with Gasteiger partial charge in [0.1, 0.15) is 6.10 Å². The number of benzene rings is 1. The Kier molecular flexibility index (Phi) is 2.73. The third-order valence-electron chi connectivity index (χ3n) is 3.54. The van der Waals surface area contributed by atoms with Crippen LogP contribution in [0.1, 0.15) is 5.56 Å². The number of nitrogens with one attached hydrogen (secondary N) is 2. The van der Waals surface area contributed by atoms with E-state index in [4.69, 9.17) is 4.74 Å². The number of fused-ring (bicyclic) bond motifs is 1. The summed E-state index contributed by atoms with van der Waals surface area (Å²) in [5, 5.41) is 6.05. The third kappa shape index (κ3) is 2.26. The van der Waals surface area contributed by atoms with E-state index in [-0.39, 0.29) is 12.2 Å². The van der Waals surface area contributed by atoms with E-state index in [1.54, 1.807) is 0 Å². The molecule has 0 aromatic heterocycles. The van der Waals surface area contributed by atoms with Crippen LogP contribution in [0.3, 0.4) is 0 Å². The first kappa shape index (κ1) is 10.6. The molecule has 1 heterocycles. The Labute approximate surface area is 100 Å². The molecular weight excluding hydrogens is 216 g/mol. The van der Waals surface area contributed by atoms with Crippen molar-refractivity contribution < 1.29 is 9.53 Å². The van der Waals surface area contributed by atoms with Crippen LogP contribution in [0.25, 0.3) is 0 Å². The van der Waals surface area contributed by atoms with Crippen molar-refractivity contribution in [1.82, 2.24) is 10.6 Å². The lowest BCUT2D eigenvalue weighted by Crippen LogP contribution is -2.28. The van der Waals surface area contributed by atoms with Gasteiger partial charge < -0.3 is 15.4 Å². The molecule has 2 atom stereocenters. The molecule has 2 aliphatic rings. The van der Waals surface area contributed by atoms with Gasteiger partial charge >= 0.3 is 6.09 Å². The molecule has 0 spiro atoms. The van der Waals surface area contributed by atoms with Crippen molar-refractivity contribution in [3.63, 3.8) is 0 Å². The van der Waals surface area contributed by atoms with E-state index in [1.807, 2.05) is 30.3 Å². The van der Waals surface area contributed by atoms with Crippen LogP contribution in [-0.2, 0) is 11.3 Å². The fourth-order valence-electron chi connectivity index (χ4n) is 2.47. The topological polar surface area (TPSA) is 50.4 Å². The summed E-state index contributed by atoms with van der Waals surface area (Å²) >= 11 is 0. The molecule has 90 valence electrons. The highest BCUT2D eigenvalue weighted by Gasteiger charge is 2.55. The van der Waals surface area contributed by atoms with Gasteiger partial charge in [0.2, 0.25) is 0 Å². The SMILES string of the molecule is O=C(NCc1ccccc1)OC1C2CNCC21. The summed E-state index contributed by atoms with van der Waals surface area (Å²) < 4.78 is 5.36. The summed E-state index contributed by atoms with van der Waals surface area (Å²) in [5.74, 6) is 1.11. The number of amides is 1. The van der Waals surface area contributed by atoms with Crippen molar-refractivity contribution in [2.45, 2.75) is 12.6 Å². The number of rotatable bonds is 3. The maximum absolute atomic E-state index is 11.5. The molecule has 1 amide bonds. The van der Waals surface area contributed by atoms with E-state index in [1.165, 1.54) is 0 Å². The number of piperidine rings is 1. The van der Waals surface area contributed by atoms with E-state index < -0.39 is 0 Å². The molecule has 1 saturated heterocycles. The van der Waals surface area contributed by atoms with Crippen molar-refractivity contribution in [2.24, 2.45) is 11.8 Å². The van der Waals surface area contributed by atoms with Gasteiger partial charge in [-0.1, -0.05) is 30.3 Å². The summed E-state index contributed by atoms with van der Waals surface area (Å²) in [7, 11) is 0. The lowest BCUT2D eigenvalue weighted by Gasteiger charge is -2.08. The second-order valence-electron chi connectivity index (χ2n) is 4.70. The van der Waals surface area contributed by atoms with Crippen LogP contribution in [0.4, 0.5) is 4.79 Å². The monoisotopic (exact) mass is 232 g/mol. The molecule has 2 unspecified atom stereocenters. The second kappa shape index (κ2) is 4.37. The number of hydrogen-bond acceptors (Lipinski definition) is 3. The van der Waals surface area contributed by atoms with Crippen LogP contribution in [0.2, 0.25) is 0 Å². The van der Waals surface area contributed by atoms with Crippen LogP contribution >= 0.6 is 0 Å². The Balaban J connectivity index is 1.42. The summed E-state index contributed by atoms with van der Waals surface area (Å²) in [6.45, 7) is 2.50. The molecule has 4 nitrogen and oxygen atoms in total. The molecular formula is C13H16N2O2. The van der Waals surface area contributed by atoms with E-state index in [9.17, 15) is 4.79 Å². The van der Waals surface area contributed by atoms with Gasteiger partial charge in [0.05, 0.1) is 0 Å². The van der Waals surface area contributed by atoms with Crippen molar-refractivity contribution in [3.8, 4) is 0 Å². The van der Waals surface area contributed by atoms with Crippen molar-refractivity contribution >= 4 is 6.09 Å². The Morgan fingerprint density at radius 2 is 2.00 bits per heavy atom. The number of carbonyl (C=O) groups is 1.